The van der Waals surface area contributed by atoms with E-state index in [0.29, 0.717) is 23.9 Å². The van der Waals surface area contributed by atoms with Gasteiger partial charge in [-0.25, -0.2) is 4.79 Å². The number of nitrogens with zero attached hydrogens (tertiary/aromatic N) is 1. The van der Waals surface area contributed by atoms with Crippen LogP contribution in [0.1, 0.15) is 0 Å². The third-order valence-corrected chi connectivity index (χ3v) is 3.35. The Morgan fingerprint density at radius 3 is 2.76 bits per heavy atom. The molecule has 0 N–H and O–H groups in total. The average Bonchev–Trinajstić information content (AvgIpc) is 2.53. The summed E-state index contributed by atoms with van der Waals surface area (Å²) in [4.78, 5) is 25.2. The lowest BCUT2D eigenvalue weighted by Gasteiger charge is -2.33. The minimum Gasteiger partial charge on any atom is -0.484 e. The second-order valence-corrected chi connectivity index (χ2v) is 4.88. The van der Waals surface area contributed by atoms with Crippen molar-refractivity contribution < 1.29 is 23.8 Å². The molecule has 1 fully saturated rings. The average molecular weight is 314 g/mol. The Labute approximate surface area is 127 Å². The van der Waals surface area contributed by atoms with E-state index in [2.05, 4.69) is 4.74 Å². The number of morpholine rings is 1. The predicted octanol–water partition coefficient (Wildman–Crippen LogP) is 1.12. The van der Waals surface area contributed by atoms with Crippen molar-refractivity contribution in [2.24, 2.45) is 0 Å². The van der Waals surface area contributed by atoms with Crippen LogP contribution in [-0.4, -0.2) is 56.3 Å². The number of esters is 1. The fraction of sp³-hybridized carbons (Fsp3) is 0.429. The van der Waals surface area contributed by atoms with E-state index in [0.717, 1.165) is 0 Å². The highest BCUT2D eigenvalue weighted by Crippen LogP contribution is 2.16. The molecule has 2 rings (SSSR count). The molecule has 1 aromatic carbocycles. The molecule has 0 radical (unpaired) electrons. The summed E-state index contributed by atoms with van der Waals surface area (Å²) in [5, 5.41) is 0.590. The van der Waals surface area contributed by atoms with Crippen LogP contribution in [0.2, 0.25) is 5.02 Å². The molecule has 1 unspecified atom stereocenters. The molecule has 1 atom stereocenters. The lowest BCUT2D eigenvalue weighted by Crippen LogP contribution is -2.54. The topological polar surface area (TPSA) is 65.1 Å². The lowest BCUT2D eigenvalue weighted by molar-refractivity contribution is -0.161. The third-order valence-electron chi connectivity index (χ3n) is 3.10. The van der Waals surface area contributed by atoms with Gasteiger partial charge in [0.25, 0.3) is 5.91 Å². The van der Waals surface area contributed by atoms with E-state index in [1.54, 1.807) is 24.3 Å². The maximum atomic E-state index is 12.2. The molecule has 0 spiro atoms. The Kier molecular flexibility index (Phi) is 5.41. The molecule has 0 aromatic heterocycles. The molecule has 1 aliphatic heterocycles. The van der Waals surface area contributed by atoms with Gasteiger partial charge in [0.1, 0.15) is 5.75 Å². The zero-order chi connectivity index (χ0) is 15.2. The number of methoxy groups -OCH3 is 1. The molecule has 114 valence electrons. The van der Waals surface area contributed by atoms with Gasteiger partial charge in [-0.05, 0) is 24.3 Å². The van der Waals surface area contributed by atoms with Crippen LogP contribution in [0.15, 0.2) is 24.3 Å². The number of halogens is 1. The number of benzene rings is 1. The molecule has 1 heterocycles. The fourth-order valence-electron chi connectivity index (χ4n) is 1.99. The van der Waals surface area contributed by atoms with Crippen LogP contribution >= 0.6 is 11.6 Å². The molecule has 0 bridgehead atoms. The molecule has 0 aliphatic carbocycles. The first-order chi connectivity index (χ1) is 10.1. The Hall–Kier alpha value is -1.79. The number of hydrogen-bond donors (Lipinski definition) is 0. The summed E-state index contributed by atoms with van der Waals surface area (Å²) >= 11 is 5.77. The van der Waals surface area contributed by atoms with Crippen LogP contribution in [0, 0.1) is 0 Å². The maximum absolute atomic E-state index is 12.2. The highest BCUT2D eigenvalue weighted by atomic mass is 35.5. The Morgan fingerprint density at radius 2 is 2.10 bits per heavy atom. The molecule has 1 saturated heterocycles. The minimum atomic E-state index is -0.718. The van der Waals surface area contributed by atoms with Crippen LogP contribution in [0.5, 0.6) is 5.75 Å². The number of carbonyl (C=O) groups excluding carboxylic acids is 2. The highest BCUT2D eigenvalue weighted by molar-refractivity contribution is 6.30. The standard InChI is InChI=1S/C14H16ClNO5/c1-19-14(18)12-8-20-7-6-16(12)13(17)9-21-11-4-2-10(15)3-5-11/h2-5,12H,6-9H2,1H3. The Morgan fingerprint density at radius 1 is 1.38 bits per heavy atom. The van der Waals surface area contributed by atoms with Crippen LogP contribution in [-0.2, 0) is 19.1 Å². The number of carbonyl (C=O) groups is 2. The largest absolute Gasteiger partial charge is 0.484 e. The first-order valence-electron chi connectivity index (χ1n) is 6.45. The first-order valence-corrected chi connectivity index (χ1v) is 6.83. The smallest absolute Gasteiger partial charge is 0.331 e. The van der Waals surface area contributed by atoms with E-state index in [9.17, 15) is 9.59 Å². The summed E-state index contributed by atoms with van der Waals surface area (Å²) in [7, 11) is 1.28. The summed E-state index contributed by atoms with van der Waals surface area (Å²) < 4.78 is 15.3. The molecule has 21 heavy (non-hydrogen) atoms. The molecular formula is C14H16ClNO5. The number of rotatable bonds is 4. The van der Waals surface area contributed by atoms with Crippen LogP contribution in [0.3, 0.4) is 0 Å². The van der Waals surface area contributed by atoms with Crippen molar-refractivity contribution in [3.05, 3.63) is 29.3 Å². The van der Waals surface area contributed by atoms with E-state index in [4.69, 9.17) is 21.1 Å². The zero-order valence-corrected chi connectivity index (χ0v) is 12.3. The maximum Gasteiger partial charge on any atom is 0.331 e. The van der Waals surface area contributed by atoms with Crippen LogP contribution in [0.25, 0.3) is 0 Å². The van der Waals surface area contributed by atoms with Gasteiger partial charge in [-0.2, -0.15) is 0 Å². The van der Waals surface area contributed by atoms with Gasteiger partial charge in [0.05, 0.1) is 20.3 Å². The molecule has 7 heteroatoms. The molecule has 1 amide bonds. The van der Waals surface area contributed by atoms with E-state index < -0.39 is 12.0 Å². The number of amides is 1. The second kappa shape index (κ2) is 7.28. The van der Waals surface area contributed by atoms with Gasteiger partial charge < -0.3 is 19.1 Å². The number of hydrogen-bond acceptors (Lipinski definition) is 5. The summed E-state index contributed by atoms with van der Waals surface area (Å²) in [5.74, 6) is -0.242. The van der Waals surface area contributed by atoms with Gasteiger partial charge in [-0.3, -0.25) is 4.79 Å². The van der Waals surface area contributed by atoms with Crippen molar-refractivity contribution in [2.45, 2.75) is 6.04 Å². The fourth-order valence-corrected chi connectivity index (χ4v) is 2.12. The number of ether oxygens (including phenoxy) is 3. The van der Waals surface area contributed by atoms with Crippen molar-refractivity contribution in [2.75, 3.05) is 33.5 Å². The molecule has 1 aliphatic rings. The van der Waals surface area contributed by atoms with Crippen molar-refractivity contribution in [3.63, 3.8) is 0 Å². The van der Waals surface area contributed by atoms with Gasteiger partial charge in [0.15, 0.2) is 12.6 Å². The van der Waals surface area contributed by atoms with E-state index >= 15 is 0 Å². The summed E-state index contributed by atoms with van der Waals surface area (Å²) in [6, 6.07) is 5.98. The van der Waals surface area contributed by atoms with Crippen molar-refractivity contribution in [1.82, 2.24) is 4.90 Å². The quantitative estimate of drug-likeness (QED) is 0.779. The molecular weight excluding hydrogens is 298 g/mol. The highest BCUT2D eigenvalue weighted by Gasteiger charge is 2.33. The van der Waals surface area contributed by atoms with Crippen LogP contribution < -0.4 is 4.74 Å². The van der Waals surface area contributed by atoms with Gasteiger partial charge in [0, 0.05) is 11.6 Å². The van der Waals surface area contributed by atoms with Crippen molar-refractivity contribution >= 4 is 23.5 Å². The minimum absolute atomic E-state index is 0.138. The van der Waals surface area contributed by atoms with Gasteiger partial charge in [-0.1, -0.05) is 11.6 Å². The molecule has 1 aromatic rings. The van der Waals surface area contributed by atoms with E-state index in [1.165, 1.54) is 12.0 Å². The predicted molar refractivity (Wildman–Crippen MR) is 75.3 cm³/mol. The summed E-state index contributed by atoms with van der Waals surface area (Å²) in [6.07, 6.45) is 0. The van der Waals surface area contributed by atoms with Crippen molar-refractivity contribution in [3.8, 4) is 5.75 Å². The first kappa shape index (κ1) is 15.6. The monoisotopic (exact) mass is 313 g/mol. The summed E-state index contributed by atoms with van der Waals surface area (Å²) in [5.41, 5.74) is 0. The Bertz CT molecular complexity index is 505. The molecule has 0 saturated carbocycles. The summed E-state index contributed by atoms with van der Waals surface area (Å²) in [6.45, 7) is 0.706. The third kappa shape index (κ3) is 4.09. The van der Waals surface area contributed by atoms with Gasteiger partial charge in [-0.15, -0.1) is 0 Å². The SMILES string of the molecule is COC(=O)C1COCCN1C(=O)COc1ccc(Cl)cc1. The Balaban J connectivity index is 1.94. The lowest BCUT2D eigenvalue weighted by atomic mass is 10.2. The van der Waals surface area contributed by atoms with Crippen molar-refractivity contribution in [1.29, 1.82) is 0 Å². The van der Waals surface area contributed by atoms with E-state index in [1.807, 2.05) is 0 Å². The van der Waals surface area contributed by atoms with Gasteiger partial charge >= 0.3 is 5.97 Å². The normalized spacial score (nSPS) is 18.2. The van der Waals surface area contributed by atoms with E-state index in [-0.39, 0.29) is 19.1 Å². The zero-order valence-electron chi connectivity index (χ0n) is 11.6. The molecule has 6 nitrogen and oxygen atoms in total. The second-order valence-electron chi connectivity index (χ2n) is 4.44. The van der Waals surface area contributed by atoms with Gasteiger partial charge in [0.2, 0.25) is 0 Å². The van der Waals surface area contributed by atoms with Crippen LogP contribution in [0.4, 0.5) is 0 Å².